The lowest BCUT2D eigenvalue weighted by Crippen LogP contribution is -2.59. The summed E-state index contributed by atoms with van der Waals surface area (Å²) < 4.78 is 0. The molecule has 0 heterocycles. The van der Waals surface area contributed by atoms with Crippen LogP contribution in [0.3, 0.4) is 0 Å². The predicted octanol–water partition coefficient (Wildman–Crippen LogP) is 1.11. The number of nitrogens with two attached hydrogens (primary N) is 1. The summed E-state index contributed by atoms with van der Waals surface area (Å²) in [5.74, 6) is 0.274. The van der Waals surface area contributed by atoms with Gasteiger partial charge in [0.05, 0.1) is 5.54 Å². The molecular weight excluding hydrogens is 214 g/mol. The molecule has 0 radical (unpaired) electrons. The topological polar surface area (TPSA) is 58.4 Å². The first-order valence-corrected chi connectivity index (χ1v) is 6.94. The maximum Gasteiger partial charge on any atom is 0.242 e. The Morgan fingerprint density at radius 3 is 2.29 bits per heavy atom. The number of likely N-dealkylation sites (N-methyl/N-ethyl adjacent to an activating group) is 1. The number of hydrogen-bond donors (Lipinski definition) is 2. The molecule has 17 heavy (non-hydrogen) atoms. The van der Waals surface area contributed by atoms with E-state index in [1.165, 1.54) is 6.42 Å². The van der Waals surface area contributed by atoms with Crippen molar-refractivity contribution in [3.8, 4) is 0 Å². The van der Waals surface area contributed by atoms with E-state index in [9.17, 15) is 4.79 Å². The van der Waals surface area contributed by atoms with Crippen molar-refractivity contribution < 1.29 is 4.79 Å². The van der Waals surface area contributed by atoms with Gasteiger partial charge in [-0.2, -0.15) is 0 Å². The number of nitrogens with one attached hydrogen (secondary N) is 1. The van der Waals surface area contributed by atoms with E-state index in [1.807, 2.05) is 18.7 Å². The minimum atomic E-state index is -0.330. The normalized spacial score (nSPS) is 19.0. The van der Waals surface area contributed by atoms with E-state index in [-0.39, 0.29) is 11.4 Å². The van der Waals surface area contributed by atoms with Gasteiger partial charge in [-0.1, -0.05) is 19.3 Å². The second kappa shape index (κ2) is 6.97. The average Bonchev–Trinajstić information content (AvgIpc) is 2.38. The van der Waals surface area contributed by atoms with Gasteiger partial charge < -0.3 is 16.0 Å². The first kappa shape index (κ1) is 14.5. The van der Waals surface area contributed by atoms with Gasteiger partial charge in [-0.25, -0.2) is 0 Å². The summed E-state index contributed by atoms with van der Waals surface area (Å²) in [4.78, 5) is 14.6. The van der Waals surface area contributed by atoms with Crippen LogP contribution in [0.1, 0.15) is 46.0 Å². The van der Waals surface area contributed by atoms with E-state index >= 15 is 0 Å². The Kier molecular flexibility index (Phi) is 5.92. The Morgan fingerprint density at radius 1 is 1.24 bits per heavy atom. The largest absolute Gasteiger partial charge is 0.342 e. The summed E-state index contributed by atoms with van der Waals surface area (Å²) in [6.07, 6.45) is 5.46. The zero-order chi connectivity index (χ0) is 12.7. The fraction of sp³-hybridized carbons (Fsp3) is 0.923. The molecule has 1 saturated carbocycles. The highest BCUT2D eigenvalue weighted by Gasteiger charge is 2.40. The lowest BCUT2D eigenvalue weighted by molar-refractivity contribution is -0.139. The molecule has 0 aromatic heterocycles. The minimum absolute atomic E-state index is 0.274. The van der Waals surface area contributed by atoms with Gasteiger partial charge in [-0.05, 0) is 26.7 Å². The van der Waals surface area contributed by atoms with Crippen molar-refractivity contribution in [1.29, 1.82) is 0 Å². The number of hydrogen-bond acceptors (Lipinski definition) is 3. The number of rotatable bonds is 6. The molecule has 0 atom stereocenters. The summed E-state index contributed by atoms with van der Waals surface area (Å²) in [6.45, 7) is 6.99. The summed E-state index contributed by atoms with van der Waals surface area (Å²) in [5.41, 5.74) is 5.23. The summed E-state index contributed by atoms with van der Waals surface area (Å²) in [6, 6.07) is 0. The molecule has 4 nitrogen and oxygen atoms in total. The molecule has 3 N–H and O–H groups in total. The molecule has 100 valence electrons. The van der Waals surface area contributed by atoms with Crippen molar-refractivity contribution in [2.45, 2.75) is 51.5 Å². The van der Waals surface area contributed by atoms with Crippen LogP contribution in [0.4, 0.5) is 0 Å². The first-order valence-electron chi connectivity index (χ1n) is 6.94. The second-order valence-electron chi connectivity index (χ2n) is 4.84. The Morgan fingerprint density at radius 2 is 1.82 bits per heavy atom. The number of carbonyl (C=O) groups is 1. The van der Waals surface area contributed by atoms with Crippen LogP contribution >= 0.6 is 0 Å². The van der Waals surface area contributed by atoms with Crippen molar-refractivity contribution in [1.82, 2.24) is 10.2 Å². The number of carbonyl (C=O) groups excluding carboxylic acids is 1. The highest BCUT2D eigenvalue weighted by Crippen LogP contribution is 2.29. The van der Waals surface area contributed by atoms with E-state index < -0.39 is 0 Å². The van der Waals surface area contributed by atoms with Crippen LogP contribution in [0.2, 0.25) is 0 Å². The van der Waals surface area contributed by atoms with Crippen LogP contribution < -0.4 is 11.1 Å². The molecule has 1 rings (SSSR count). The third-order valence-electron chi connectivity index (χ3n) is 3.77. The molecule has 4 heteroatoms. The fourth-order valence-corrected chi connectivity index (χ4v) is 2.75. The highest BCUT2D eigenvalue weighted by molar-refractivity contribution is 5.86. The fourth-order valence-electron chi connectivity index (χ4n) is 2.75. The third-order valence-corrected chi connectivity index (χ3v) is 3.77. The Hall–Kier alpha value is -0.610. The molecule has 1 aliphatic carbocycles. The molecule has 1 amide bonds. The second-order valence-corrected chi connectivity index (χ2v) is 4.84. The van der Waals surface area contributed by atoms with Gasteiger partial charge >= 0.3 is 0 Å². The molecule has 0 aromatic rings. The summed E-state index contributed by atoms with van der Waals surface area (Å²) in [5, 5.41) is 3.42. The van der Waals surface area contributed by atoms with E-state index in [0.717, 1.165) is 45.3 Å². The quantitative estimate of drug-likeness (QED) is 0.732. The SMILES string of the molecule is CCN(CC)C(=O)C1(NCCN)CCCCC1. The first-order chi connectivity index (χ1) is 8.20. The van der Waals surface area contributed by atoms with Gasteiger partial charge in [0.2, 0.25) is 5.91 Å². The zero-order valence-electron chi connectivity index (χ0n) is 11.3. The Bertz CT molecular complexity index is 233. The summed E-state index contributed by atoms with van der Waals surface area (Å²) >= 11 is 0. The number of amides is 1. The van der Waals surface area contributed by atoms with Gasteiger partial charge in [0.25, 0.3) is 0 Å². The van der Waals surface area contributed by atoms with Crippen molar-refractivity contribution in [3.63, 3.8) is 0 Å². The number of nitrogens with zero attached hydrogens (tertiary/aromatic N) is 1. The van der Waals surface area contributed by atoms with Gasteiger partial charge in [0.15, 0.2) is 0 Å². The van der Waals surface area contributed by atoms with Crippen LogP contribution in [0.15, 0.2) is 0 Å². The molecular formula is C13H27N3O. The monoisotopic (exact) mass is 241 g/mol. The third kappa shape index (κ3) is 3.42. The van der Waals surface area contributed by atoms with E-state index in [0.29, 0.717) is 6.54 Å². The van der Waals surface area contributed by atoms with E-state index in [4.69, 9.17) is 5.73 Å². The van der Waals surface area contributed by atoms with Gasteiger partial charge in [-0.3, -0.25) is 4.79 Å². The van der Waals surface area contributed by atoms with Crippen LogP contribution in [-0.4, -0.2) is 42.5 Å². The molecule has 1 fully saturated rings. The van der Waals surface area contributed by atoms with Crippen LogP contribution in [0.25, 0.3) is 0 Å². The maximum absolute atomic E-state index is 12.6. The molecule has 0 bridgehead atoms. The lowest BCUT2D eigenvalue weighted by Gasteiger charge is -2.40. The summed E-state index contributed by atoms with van der Waals surface area (Å²) in [7, 11) is 0. The lowest BCUT2D eigenvalue weighted by atomic mass is 9.80. The molecule has 0 unspecified atom stereocenters. The highest BCUT2D eigenvalue weighted by atomic mass is 16.2. The minimum Gasteiger partial charge on any atom is -0.342 e. The van der Waals surface area contributed by atoms with Gasteiger partial charge in [0, 0.05) is 26.2 Å². The van der Waals surface area contributed by atoms with Crippen molar-refractivity contribution in [2.75, 3.05) is 26.2 Å². The molecule has 0 saturated heterocycles. The molecule has 1 aliphatic rings. The Balaban J connectivity index is 2.76. The van der Waals surface area contributed by atoms with Crippen LogP contribution in [-0.2, 0) is 4.79 Å². The smallest absolute Gasteiger partial charge is 0.242 e. The average molecular weight is 241 g/mol. The van der Waals surface area contributed by atoms with E-state index in [2.05, 4.69) is 5.32 Å². The van der Waals surface area contributed by atoms with Crippen LogP contribution in [0.5, 0.6) is 0 Å². The Labute approximate surface area is 105 Å². The zero-order valence-corrected chi connectivity index (χ0v) is 11.3. The van der Waals surface area contributed by atoms with Crippen LogP contribution in [0, 0.1) is 0 Å². The van der Waals surface area contributed by atoms with Crippen molar-refractivity contribution in [2.24, 2.45) is 5.73 Å². The molecule has 0 aromatic carbocycles. The molecule has 0 aliphatic heterocycles. The molecule has 0 spiro atoms. The van der Waals surface area contributed by atoms with Gasteiger partial charge in [-0.15, -0.1) is 0 Å². The maximum atomic E-state index is 12.6. The van der Waals surface area contributed by atoms with Gasteiger partial charge in [0.1, 0.15) is 0 Å². The standard InChI is InChI=1S/C13H27N3O/c1-3-16(4-2)12(17)13(15-11-10-14)8-6-5-7-9-13/h15H,3-11,14H2,1-2H3. The predicted molar refractivity (Wildman–Crippen MR) is 70.8 cm³/mol. The van der Waals surface area contributed by atoms with Crippen molar-refractivity contribution in [3.05, 3.63) is 0 Å². The van der Waals surface area contributed by atoms with Crippen molar-refractivity contribution >= 4 is 5.91 Å². The van der Waals surface area contributed by atoms with E-state index in [1.54, 1.807) is 0 Å².